The molecule has 0 heterocycles. The second kappa shape index (κ2) is 25.5. The van der Waals surface area contributed by atoms with E-state index in [1.54, 1.807) is 19.6 Å². The minimum atomic E-state index is -1.08. The molecule has 0 amide bonds. The molecule has 0 radical (unpaired) electrons. The fraction of sp³-hybridized carbons (Fsp3) is 0.516. The lowest BCUT2D eigenvalue weighted by Gasteiger charge is -2.29. The number of hydrogen-bond donors (Lipinski definition) is 0. The predicted octanol–water partition coefficient (Wildman–Crippen LogP) is 15.5. The van der Waals surface area contributed by atoms with E-state index in [1.165, 1.54) is 0 Å². The lowest BCUT2D eigenvalue weighted by atomic mass is 10.1. The van der Waals surface area contributed by atoms with E-state index < -0.39 is 155 Å². The van der Waals surface area contributed by atoms with Crippen molar-refractivity contribution in [1.82, 2.24) is 9.15 Å². The van der Waals surface area contributed by atoms with Crippen molar-refractivity contribution >= 4 is 56.9 Å². The van der Waals surface area contributed by atoms with Crippen LogP contribution in [0.1, 0.15) is 138 Å². The van der Waals surface area contributed by atoms with Crippen molar-refractivity contribution < 1.29 is 27.4 Å². The molecule has 0 spiro atoms. The summed E-state index contributed by atoms with van der Waals surface area (Å²) in [7, 11) is 0. The van der Waals surface area contributed by atoms with Crippen molar-refractivity contribution in [3.05, 3.63) is 121 Å². The average Bonchev–Trinajstić information content (AvgIpc) is 0.748. The summed E-state index contributed by atoms with van der Waals surface area (Å²) in [5, 5.41) is 0. The Labute approximate surface area is 443 Å². The van der Waals surface area contributed by atoms with E-state index in [4.69, 9.17) is 0 Å². The van der Waals surface area contributed by atoms with Crippen molar-refractivity contribution in [1.29, 1.82) is 0 Å². The molecule has 0 atom stereocenters. The van der Waals surface area contributed by atoms with Crippen molar-refractivity contribution in [2.24, 2.45) is 47.3 Å². The highest BCUT2D eigenvalue weighted by molar-refractivity contribution is 6.20. The zero-order chi connectivity index (χ0) is 67.1. The molecule has 0 unspecified atom stereocenters. The summed E-state index contributed by atoms with van der Waals surface area (Å²) in [5.41, 5.74) is -5.15. The van der Waals surface area contributed by atoms with E-state index in [0.29, 0.717) is 61.5 Å². The highest BCUT2D eigenvalue weighted by Gasteiger charge is 2.26. The molecule has 0 N–H and O–H groups in total. The number of benzene rings is 4. The topological polar surface area (TPSA) is 19.0 Å². The van der Waals surface area contributed by atoms with Crippen LogP contribution >= 0.6 is 0 Å². The third-order valence-electron chi connectivity index (χ3n) is 10.3. The normalized spacial score (nSPS) is 17.6. The quantitative estimate of drug-likeness (QED) is 0.0515. The van der Waals surface area contributed by atoms with Gasteiger partial charge in [-0.25, -0.2) is 0 Å². The Morgan fingerprint density at radius 1 is 0.279 bits per heavy atom. The number of nitrogens with zero attached hydrogens (tertiary/aromatic N) is 6. The molecule has 1 aliphatic rings. The maximum absolute atomic E-state index is 10.1. The minimum absolute atomic E-state index is 0.0230. The number of anilines is 4. The van der Waals surface area contributed by atoms with Crippen LogP contribution in [0, 0.1) is 47.3 Å². The van der Waals surface area contributed by atoms with Crippen LogP contribution in [0.2, 0.25) is 0 Å². The molecule has 5 rings (SSSR count). The van der Waals surface area contributed by atoms with Gasteiger partial charge in [-0.2, -0.15) is 9.15 Å². The fourth-order valence-electron chi connectivity index (χ4n) is 8.03. The van der Waals surface area contributed by atoms with Gasteiger partial charge in [0.05, 0.1) is 27.4 Å². The molecule has 368 valence electrons. The van der Waals surface area contributed by atoms with E-state index in [2.05, 4.69) is 0 Å². The van der Waals surface area contributed by atoms with Crippen LogP contribution in [-0.4, -0.2) is 63.8 Å². The summed E-state index contributed by atoms with van der Waals surface area (Å²) in [6, 6.07) is -15.4. The smallest absolute Gasteiger partial charge is 0.212 e. The molecular formula is C62H92N6+2. The van der Waals surface area contributed by atoms with Gasteiger partial charge in [-0.1, -0.05) is 111 Å². The van der Waals surface area contributed by atoms with Gasteiger partial charge in [-0.15, -0.1) is 0 Å². The van der Waals surface area contributed by atoms with Crippen LogP contribution in [0.5, 0.6) is 0 Å². The first-order chi connectivity index (χ1) is 40.6. The Morgan fingerprint density at radius 3 is 0.559 bits per heavy atom. The first kappa shape index (κ1) is 31.9. The second-order valence-electron chi connectivity index (χ2n) is 21.4. The third-order valence-corrected chi connectivity index (χ3v) is 10.3. The molecule has 0 fully saturated rings. The molecular weight excluding hydrogens is 829 g/mol. The summed E-state index contributed by atoms with van der Waals surface area (Å²) >= 11 is 0. The molecule has 0 bridgehead atoms. The predicted molar refractivity (Wildman–Crippen MR) is 305 cm³/mol. The lowest BCUT2D eigenvalue weighted by molar-refractivity contribution is 0.552. The Kier molecular flexibility index (Phi) is 12.0. The van der Waals surface area contributed by atoms with E-state index in [9.17, 15) is 27.4 Å². The monoisotopic (exact) mass is 941 g/mol. The molecule has 0 saturated carbocycles. The summed E-state index contributed by atoms with van der Waals surface area (Å²) in [6.07, 6.45) is 0. The van der Waals surface area contributed by atoms with Crippen molar-refractivity contribution in [2.45, 2.75) is 111 Å². The summed E-state index contributed by atoms with van der Waals surface area (Å²) < 4.78 is 197. The van der Waals surface area contributed by atoms with Crippen LogP contribution in [0.3, 0.4) is 0 Å². The highest BCUT2D eigenvalue weighted by atomic mass is 15.2. The largest absolute Gasteiger partial charge is 0.371 e. The van der Waals surface area contributed by atoms with Crippen molar-refractivity contribution in [2.75, 3.05) is 72.0 Å². The molecule has 0 aromatic heterocycles. The van der Waals surface area contributed by atoms with E-state index in [-0.39, 0.29) is 70.1 Å². The zero-order valence-corrected chi connectivity index (χ0v) is 44.0. The summed E-state index contributed by atoms with van der Waals surface area (Å²) in [4.78, 5) is 6.89. The first-order valence-electron chi connectivity index (χ1n) is 34.8. The van der Waals surface area contributed by atoms with Gasteiger partial charge < -0.3 is 19.6 Å². The molecule has 4 aromatic rings. The summed E-state index contributed by atoms with van der Waals surface area (Å²) in [5.74, 6) is -0.184. The molecule has 1 aliphatic carbocycles. The molecule has 6 heteroatoms. The second-order valence-corrected chi connectivity index (χ2v) is 21.4. The van der Waals surface area contributed by atoms with Gasteiger partial charge in [-0.05, 0) is 95.7 Å². The first-order valence-corrected chi connectivity index (χ1v) is 24.8. The zero-order valence-electron chi connectivity index (χ0n) is 64.0. The number of allylic oxidation sites excluding steroid dienone is 4. The number of rotatable bonds is 24. The fourth-order valence-corrected chi connectivity index (χ4v) is 8.03. The van der Waals surface area contributed by atoms with Crippen LogP contribution in [0.25, 0.3) is 0 Å². The molecule has 4 aromatic carbocycles. The van der Waals surface area contributed by atoms with Crippen LogP contribution in [0.4, 0.5) is 45.5 Å². The maximum atomic E-state index is 10.1. The molecule has 0 aliphatic heterocycles. The standard InChI is InChI=1S/C62H92N6/c1-45(2)37-63(38-46(3)4)53-17-25-57(26-18-53)67(58-27-19-54(20-28-58)64(39-47(5)6)40-48(7)8)61-33-35-62(36-34-61)68(59-29-21-55(22-30-59)65(41-49(9)10)42-50(11)12)60-31-23-56(24-32-60)66(43-51(13)14)44-52(15)16/h17-36,45-52H,37-44H2,1-16H3/q+2/i17D,18D,19D,20D,21D,22D,23D,24D,25D,26D,27D,28D,29D,30D,31D,32D,33D,34D,35D,36D. The Morgan fingerprint density at radius 2 is 0.426 bits per heavy atom. The Hall–Kier alpha value is -5.10. The van der Waals surface area contributed by atoms with Gasteiger partial charge in [0.1, 0.15) is 0 Å². The highest BCUT2D eigenvalue weighted by Crippen LogP contribution is 2.31. The van der Waals surface area contributed by atoms with Gasteiger partial charge in [0, 0.05) is 148 Å². The number of hydrogen-bond acceptors (Lipinski definition) is 4. The Balaban J connectivity index is 2.21. The van der Waals surface area contributed by atoms with Gasteiger partial charge in [0.2, 0.25) is 34.2 Å². The Bertz CT molecular complexity index is 2840. The van der Waals surface area contributed by atoms with Gasteiger partial charge in [0.25, 0.3) is 0 Å². The maximum Gasteiger partial charge on any atom is 0.212 e. The molecule has 0 saturated heterocycles. The summed E-state index contributed by atoms with van der Waals surface area (Å²) in [6.45, 7) is 33.3. The average molecular weight is 942 g/mol. The molecule has 6 nitrogen and oxygen atoms in total. The van der Waals surface area contributed by atoms with Gasteiger partial charge >= 0.3 is 0 Å². The third kappa shape index (κ3) is 16.0. The van der Waals surface area contributed by atoms with Crippen LogP contribution < -0.4 is 28.8 Å². The SMILES string of the molecule is [2H]C1=C([2H])C(=[N+](c2c([2H])c([2H])c(N(CC(C)C)CC(C)C)c([2H])c2[2H])c2c([2H])c([2H])c(N(CC(C)C)CC(C)C)c([2H])c2[2H])C([2H])=C([2H])C1=[N+](c1c([2H])c([2H])c(N(CC(C)C)CC(C)C)c([2H])c1[2H])c1c([2H])c([2H])c(N(CC(C)C)CC(C)C)c([2H])c1[2H]. The van der Waals surface area contributed by atoms with Crippen LogP contribution in [0.15, 0.2) is 121 Å². The minimum Gasteiger partial charge on any atom is -0.371 e. The van der Waals surface area contributed by atoms with E-state index in [1.807, 2.05) is 111 Å². The van der Waals surface area contributed by atoms with Gasteiger partial charge in [-0.3, -0.25) is 0 Å². The van der Waals surface area contributed by atoms with E-state index >= 15 is 0 Å². The van der Waals surface area contributed by atoms with Crippen LogP contribution in [-0.2, 0) is 0 Å². The lowest BCUT2D eigenvalue weighted by Crippen LogP contribution is -2.31. The van der Waals surface area contributed by atoms with Crippen molar-refractivity contribution in [3.8, 4) is 0 Å². The molecule has 68 heavy (non-hydrogen) atoms. The van der Waals surface area contributed by atoms with Crippen molar-refractivity contribution in [3.63, 3.8) is 0 Å². The van der Waals surface area contributed by atoms with Gasteiger partial charge in [0.15, 0.2) is 0 Å². The van der Waals surface area contributed by atoms with E-state index in [0.717, 1.165) is 0 Å².